The minimum Gasteiger partial charge on any atom is -0.335 e. The molecular formula is C29H26F6N2O2S. The molecule has 2 aromatic carbocycles. The Morgan fingerprint density at radius 2 is 1.60 bits per heavy atom. The molecule has 3 aromatic rings. The highest BCUT2D eigenvalue weighted by atomic mass is 32.1. The summed E-state index contributed by atoms with van der Waals surface area (Å²) in [6.45, 7) is 3.94. The lowest BCUT2D eigenvalue weighted by atomic mass is 9.97. The quantitative estimate of drug-likeness (QED) is 0.241. The second kappa shape index (κ2) is 11.5. The summed E-state index contributed by atoms with van der Waals surface area (Å²) in [5.41, 5.74) is -0.947. The number of amides is 2. The molecule has 2 amide bonds. The molecule has 11 heteroatoms. The fraction of sp³-hybridized carbons (Fsp3) is 0.310. The topological polar surface area (TPSA) is 40.6 Å². The molecule has 1 atom stereocenters. The lowest BCUT2D eigenvalue weighted by Crippen LogP contribution is -2.57. The summed E-state index contributed by atoms with van der Waals surface area (Å²) >= 11 is 1.45. The third-order valence-corrected chi connectivity index (χ3v) is 7.70. The molecule has 4 nitrogen and oxygen atoms in total. The number of hydrogen-bond acceptors (Lipinski definition) is 3. The number of hydrogen-bond donors (Lipinski definition) is 0. The van der Waals surface area contributed by atoms with Crippen LogP contribution in [0.1, 0.15) is 43.1 Å². The SMILES string of the molecule is Cc1ccc(CC2CN(C(=O)/C=C/c3cccs3)CCN2C(=O)c2cc(C(F)(F)F)cc(C(F)(F)F)c2)cc1C. The average Bonchev–Trinajstić information content (AvgIpc) is 3.41. The molecule has 1 fully saturated rings. The third kappa shape index (κ3) is 6.93. The second-order valence-corrected chi connectivity index (χ2v) is 10.7. The number of rotatable bonds is 5. The van der Waals surface area contributed by atoms with Crippen molar-refractivity contribution in [2.75, 3.05) is 19.6 Å². The molecular weight excluding hydrogens is 554 g/mol. The molecule has 1 unspecified atom stereocenters. The smallest absolute Gasteiger partial charge is 0.335 e. The van der Waals surface area contributed by atoms with Crippen LogP contribution < -0.4 is 0 Å². The summed E-state index contributed by atoms with van der Waals surface area (Å²) in [5.74, 6) is -1.25. The predicted molar refractivity (Wildman–Crippen MR) is 141 cm³/mol. The minimum atomic E-state index is -5.07. The number of benzene rings is 2. The van der Waals surface area contributed by atoms with Crippen LogP contribution in [0.2, 0.25) is 0 Å². The van der Waals surface area contributed by atoms with Gasteiger partial charge in [0.1, 0.15) is 0 Å². The van der Waals surface area contributed by atoms with Crippen LogP contribution in [-0.4, -0.2) is 47.3 Å². The van der Waals surface area contributed by atoms with E-state index >= 15 is 0 Å². The van der Waals surface area contributed by atoms with E-state index < -0.39 is 41.0 Å². The largest absolute Gasteiger partial charge is 0.416 e. The van der Waals surface area contributed by atoms with Crippen molar-refractivity contribution in [1.82, 2.24) is 9.80 Å². The number of carbonyl (C=O) groups is 2. The molecule has 0 radical (unpaired) electrons. The molecule has 1 aliphatic heterocycles. The summed E-state index contributed by atoms with van der Waals surface area (Å²) in [4.78, 5) is 30.1. The number of thiophene rings is 1. The molecule has 1 aliphatic rings. The molecule has 0 bridgehead atoms. The predicted octanol–water partition coefficient (Wildman–Crippen LogP) is 7.01. The Kier molecular flexibility index (Phi) is 8.44. The van der Waals surface area contributed by atoms with Gasteiger partial charge in [-0.05, 0) is 72.7 Å². The first-order chi connectivity index (χ1) is 18.7. The molecule has 4 rings (SSSR count). The van der Waals surface area contributed by atoms with E-state index in [9.17, 15) is 35.9 Å². The van der Waals surface area contributed by atoms with E-state index in [4.69, 9.17) is 0 Å². The highest BCUT2D eigenvalue weighted by Gasteiger charge is 2.39. The van der Waals surface area contributed by atoms with Crippen LogP contribution in [0.25, 0.3) is 6.08 Å². The lowest BCUT2D eigenvalue weighted by molar-refractivity contribution is -0.143. The molecule has 0 N–H and O–H groups in total. The van der Waals surface area contributed by atoms with Gasteiger partial charge in [-0.15, -0.1) is 11.3 Å². The number of aryl methyl sites for hydroxylation is 2. The molecule has 212 valence electrons. The fourth-order valence-corrected chi connectivity index (χ4v) is 5.21. The zero-order chi connectivity index (χ0) is 29.2. The Morgan fingerprint density at radius 1 is 0.925 bits per heavy atom. The Morgan fingerprint density at radius 3 is 2.17 bits per heavy atom. The lowest BCUT2D eigenvalue weighted by Gasteiger charge is -2.41. The van der Waals surface area contributed by atoms with Crippen LogP contribution in [0, 0.1) is 13.8 Å². The summed E-state index contributed by atoms with van der Waals surface area (Å²) in [5, 5.41) is 1.87. The van der Waals surface area contributed by atoms with Gasteiger partial charge in [0.05, 0.1) is 17.2 Å². The first-order valence-electron chi connectivity index (χ1n) is 12.4. The summed E-state index contributed by atoms with van der Waals surface area (Å²) in [6.07, 6.45) is -6.80. The van der Waals surface area contributed by atoms with Gasteiger partial charge in [0.25, 0.3) is 5.91 Å². The van der Waals surface area contributed by atoms with E-state index in [1.165, 1.54) is 27.2 Å². The Labute approximate surface area is 231 Å². The summed E-state index contributed by atoms with van der Waals surface area (Å²) in [6, 6.07) is 9.59. The van der Waals surface area contributed by atoms with Crippen molar-refractivity contribution in [2.45, 2.75) is 38.7 Å². The van der Waals surface area contributed by atoms with Gasteiger partial charge in [-0.2, -0.15) is 26.3 Å². The number of halogens is 6. The normalized spacial score (nSPS) is 16.6. The van der Waals surface area contributed by atoms with Crippen molar-refractivity contribution in [2.24, 2.45) is 0 Å². The van der Waals surface area contributed by atoms with Crippen molar-refractivity contribution in [3.05, 3.63) is 98.2 Å². The minimum absolute atomic E-state index is 0.000123. The van der Waals surface area contributed by atoms with Gasteiger partial charge in [-0.3, -0.25) is 9.59 Å². The standard InChI is InChI=1S/C29H26F6N2O2S/c1-18-5-6-20(12-19(18)2)13-24-17-36(26(38)8-7-25-4-3-11-40-25)9-10-37(24)27(39)21-14-22(28(30,31)32)16-23(15-21)29(33,34)35/h3-8,11-12,14-16,24H,9-10,13,17H2,1-2H3/b8-7+. The van der Waals surface area contributed by atoms with Crippen LogP contribution in [0.15, 0.2) is 60.0 Å². The van der Waals surface area contributed by atoms with Crippen LogP contribution in [0.3, 0.4) is 0 Å². The zero-order valence-electron chi connectivity index (χ0n) is 21.6. The monoisotopic (exact) mass is 580 g/mol. The Balaban J connectivity index is 1.66. The molecule has 40 heavy (non-hydrogen) atoms. The van der Waals surface area contributed by atoms with Crippen LogP contribution in [0.5, 0.6) is 0 Å². The van der Waals surface area contributed by atoms with Crippen molar-refractivity contribution in [3.8, 4) is 0 Å². The van der Waals surface area contributed by atoms with Crippen molar-refractivity contribution < 1.29 is 35.9 Å². The third-order valence-electron chi connectivity index (χ3n) is 6.87. The van der Waals surface area contributed by atoms with Crippen molar-refractivity contribution in [3.63, 3.8) is 0 Å². The van der Waals surface area contributed by atoms with E-state index in [1.807, 2.05) is 49.6 Å². The second-order valence-electron chi connectivity index (χ2n) is 9.70. The van der Waals surface area contributed by atoms with Crippen molar-refractivity contribution in [1.29, 1.82) is 0 Å². The van der Waals surface area contributed by atoms with Gasteiger partial charge in [0.2, 0.25) is 5.91 Å². The number of alkyl halides is 6. The first-order valence-corrected chi connectivity index (χ1v) is 13.3. The van der Waals surface area contributed by atoms with E-state index in [2.05, 4.69) is 0 Å². The molecule has 1 saturated heterocycles. The average molecular weight is 581 g/mol. The van der Waals surface area contributed by atoms with Gasteiger partial charge >= 0.3 is 12.4 Å². The van der Waals surface area contributed by atoms with E-state index in [0.29, 0.717) is 12.1 Å². The van der Waals surface area contributed by atoms with Gasteiger partial charge in [-0.25, -0.2) is 0 Å². The Hall–Kier alpha value is -3.60. The highest BCUT2D eigenvalue weighted by molar-refractivity contribution is 7.10. The number of piperazine rings is 1. The summed E-state index contributed by atoms with van der Waals surface area (Å²) < 4.78 is 80.7. The van der Waals surface area contributed by atoms with E-state index in [0.717, 1.165) is 21.6 Å². The maximum absolute atomic E-state index is 13.5. The van der Waals surface area contributed by atoms with E-state index in [-0.39, 0.29) is 38.0 Å². The molecule has 1 aromatic heterocycles. The maximum atomic E-state index is 13.5. The highest BCUT2D eigenvalue weighted by Crippen LogP contribution is 2.37. The molecule has 0 spiro atoms. The Bertz CT molecular complexity index is 1380. The van der Waals surface area contributed by atoms with Crippen LogP contribution in [-0.2, 0) is 23.6 Å². The van der Waals surface area contributed by atoms with Crippen molar-refractivity contribution >= 4 is 29.2 Å². The first kappa shape index (κ1) is 29.4. The molecule has 2 heterocycles. The number of carbonyl (C=O) groups excluding carboxylic acids is 2. The van der Waals surface area contributed by atoms with Gasteiger partial charge in [0.15, 0.2) is 0 Å². The number of nitrogens with zero attached hydrogens (tertiary/aromatic N) is 2. The maximum Gasteiger partial charge on any atom is 0.416 e. The van der Waals surface area contributed by atoms with Gasteiger partial charge in [-0.1, -0.05) is 24.3 Å². The molecule has 0 saturated carbocycles. The fourth-order valence-electron chi connectivity index (χ4n) is 4.59. The molecule has 0 aliphatic carbocycles. The van der Waals surface area contributed by atoms with Gasteiger partial charge < -0.3 is 9.80 Å². The van der Waals surface area contributed by atoms with E-state index in [1.54, 1.807) is 6.08 Å². The zero-order valence-corrected chi connectivity index (χ0v) is 22.5. The van der Waals surface area contributed by atoms with Gasteiger partial charge in [0, 0.05) is 36.2 Å². The summed E-state index contributed by atoms with van der Waals surface area (Å²) in [7, 11) is 0. The van der Waals surface area contributed by atoms with Crippen LogP contribution >= 0.6 is 11.3 Å². The van der Waals surface area contributed by atoms with Crippen LogP contribution in [0.4, 0.5) is 26.3 Å².